The van der Waals surface area contributed by atoms with Crippen LogP contribution in [0, 0.1) is 17.6 Å². The van der Waals surface area contributed by atoms with Gasteiger partial charge in [0.25, 0.3) is 0 Å². The molecule has 8 heteroatoms. The zero-order valence-corrected chi connectivity index (χ0v) is 19.0. The number of nitrogens with zero attached hydrogens (tertiary/aromatic N) is 1. The van der Waals surface area contributed by atoms with E-state index < -0.39 is 47.1 Å². The van der Waals surface area contributed by atoms with Crippen LogP contribution in [0.25, 0.3) is 0 Å². The number of ether oxygens (including phenoxy) is 2. The first-order valence-corrected chi connectivity index (χ1v) is 10.7. The minimum atomic E-state index is -0.829. The molecule has 0 aliphatic heterocycles. The second-order valence-corrected chi connectivity index (χ2v) is 7.96. The fourth-order valence-electron chi connectivity index (χ4n) is 3.71. The normalized spacial score (nSPS) is 12.8. The number of esters is 1. The number of hydrogen-bond donors (Lipinski definition) is 1. The van der Waals surface area contributed by atoms with E-state index in [0.717, 1.165) is 0 Å². The summed E-state index contributed by atoms with van der Waals surface area (Å²) in [6.45, 7) is 3.22. The Kier molecular flexibility index (Phi) is 7.94. The van der Waals surface area contributed by atoms with Crippen molar-refractivity contribution in [2.24, 2.45) is 5.92 Å². The SMILES string of the molecule is COc1ccnc(C(=O)C[C@@H](C)C(=O)O[C@H](C)C(c2ccc(F)cc2)c2ccc(F)cc2)c1O. The third-order valence-electron chi connectivity index (χ3n) is 5.49. The molecule has 0 amide bonds. The van der Waals surface area contributed by atoms with Gasteiger partial charge < -0.3 is 14.6 Å². The number of halogens is 2. The molecule has 3 rings (SSSR count). The quantitative estimate of drug-likeness (QED) is 0.349. The second-order valence-electron chi connectivity index (χ2n) is 7.96. The Hall–Kier alpha value is -3.81. The lowest BCUT2D eigenvalue weighted by Crippen LogP contribution is -2.28. The summed E-state index contributed by atoms with van der Waals surface area (Å²) in [6.07, 6.45) is 0.383. The molecular formula is C26H25F2NO5. The first kappa shape index (κ1) is 24.8. The maximum Gasteiger partial charge on any atom is 0.309 e. The molecule has 0 bridgehead atoms. The zero-order chi connectivity index (χ0) is 24.8. The van der Waals surface area contributed by atoms with Gasteiger partial charge in [-0.1, -0.05) is 31.2 Å². The van der Waals surface area contributed by atoms with Crippen LogP contribution < -0.4 is 4.74 Å². The van der Waals surface area contributed by atoms with Crippen LogP contribution in [-0.2, 0) is 9.53 Å². The number of aromatic hydroxyl groups is 1. The summed E-state index contributed by atoms with van der Waals surface area (Å²) in [4.78, 5) is 29.3. The summed E-state index contributed by atoms with van der Waals surface area (Å²) < 4.78 is 37.6. The number of ketones is 1. The Morgan fingerprint density at radius 3 is 1.97 bits per heavy atom. The van der Waals surface area contributed by atoms with E-state index in [4.69, 9.17) is 9.47 Å². The maximum absolute atomic E-state index is 13.5. The number of benzene rings is 2. The van der Waals surface area contributed by atoms with E-state index in [-0.39, 0.29) is 17.9 Å². The van der Waals surface area contributed by atoms with Crippen molar-refractivity contribution in [1.29, 1.82) is 0 Å². The van der Waals surface area contributed by atoms with Crippen molar-refractivity contribution in [3.63, 3.8) is 0 Å². The highest BCUT2D eigenvalue weighted by Gasteiger charge is 2.29. The second kappa shape index (κ2) is 10.9. The van der Waals surface area contributed by atoms with Gasteiger partial charge in [-0.25, -0.2) is 13.8 Å². The molecule has 0 spiro atoms. The number of carbonyl (C=O) groups is 2. The van der Waals surface area contributed by atoms with Crippen molar-refractivity contribution < 1.29 is 33.0 Å². The van der Waals surface area contributed by atoms with E-state index in [0.29, 0.717) is 11.1 Å². The molecule has 0 aliphatic carbocycles. The van der Waals surface area contributed by atoms with Gasteiger partial charge in [-0.2, -0.15) is 0 Å². The van der Waals surface area contributed by atoms with Gasteiger partial charge in [0.05, 0.1) is 13.0 Å². The lowest BCUT2D eigenvalue weighted by Gasteiger charge is -2.26. The van der Waals surface area contributed by atoms with E-state index in [2.05, 4.69) is 4.98 Å². The average Bonchev–Trinajstić information content (AvgIpc) is 2.81. The van der Waals surface area contributed by atoms with Gasteiger partial charge >= 0.3 is 5.97 Å². The molecule has 178 valence electrons. The van der Waals surface area contributed by atoms with Crippen molar-refractivity contribution >= 4 is 11.8 Å². The molecule has 1 heterocycles. The predicted molar refractivity (Wildman–Crippen MR) is 121 cm³/mol. The number of aromatic nitrogens is 1. The number of hydrogen-bond acceptors (Lipinski definition) is 6. The van der Waals surface area contributed by atoms with E-state index in [1.165, 1.54) is 50.6 Å². The predicted octanol–water partition coefficient (Wildman–Crippen LogP) is 5.05. The lowest BCUT2D eigenvalue weighted by atomic mass is 9.87. The first-order valence-electron chi connectivity index (χ1n) is 10.7. The van der Waals surface area contributed by atoms with E-state index in [1.54, 1.807) is 31.2 Å². The summed E-state index contributed by atoms with van der Waals surface area (Å²) in [5.41, 5.74) is 1.17. The van der Waals surface area contributed by atoms with E-state index in [1.807, 2.05) is 0 Å². The van der Waals surface area contributed by atoms with Crippen molar-refractivity contribution in [1.82, 2.24) is 4.98 Å². The highest BCUT2D eigenvalue weighted by atomic mass is 19.1. The van der Waals surface area contributed by atoms with E-state index in [9.17, 15) is 23.5 Å². The third kappa shape index (κ3) is 5.75. The van der Waals surface area contributed by atoms with Crippen molar-refractivity contribution in [3.05, 3.63) is 89.2 Å². The number of pyridine rings is 1. The molecule has 1 N–H and O–H groups in total. The molecule has 0 saturated carbocycles. The smallest absolute Gasteiger partial charge is 0.309 e. The molecule has 6 nitrogen and oxygen atoms in total. The fraction of sp³-hybridized carbons (Fsp3) is 0.269. The summed E-state index contributed by atoms with van der Waals surface area (Å²) >= 11 is 0. The van der Waals surface area contributed by atoms with E-state index >= 15 is 0 Å². The molecule has 34 heavy (non-hydrogen) atoms. The van der Waals surface area contributed by atoms with Gasteiger partial charge in [0, 0.05) is 24.6 Å². The van der Waals surface area contributed by atoms with Gasteiger partial charge in [0.1, 0.15) is 17.7 Å². The number of rotatable bonds is 9. The Morgan fingerprint density at radius 1 is 0.941 bits per heavy atom. The maximum atomic E-state index is 13.5. The molecule has 3 aromatic rings. The van der Waals surface area contributed by atoms with Crippen molar-refractivity contribution in [2.75, 3.05) is 7.11 Å². The van der Waals surface area contributed by atoms with Crippen LogP contribution in [0.3, 0.4) is 0 Å². The molecule has 0 unspecified atom stereocenters. The standard InChI is InChI=1S/C26H25F2NO5/c1-15(14-21(30)24-25(31)22(33-3)12-13-29-24)26(32)34-16(2)23(17-4-8-19(27)9-5-17)18-6-10-20(28)11-7-18/h4-13,15-16,23,31H,14H2,1-3H3/t15-,16-/m1/s1. The largest absolute Gasteiger partial charge is 0.503 e. The molecule has 2 atom stereocenters. The number of carbonyl (C=O) groups excluding carboxylic acids is 2. The topological polar surface area (TPSA) is 85.7 Å². The Labute approximate surface area is 196 Å². The molecule has 0 saturated heterocycles. The minimum Gasteiger partial charge on any atom is -0.503 e. The van der Waals surface area contributed by atoms with Crippen molar-refractivity contribution in [3.8, 4) is 11.5 Å². The molecule has 1 aromatic heterocycles. The van der Waals surface area contributed by atoms with Crippen LogP contribution in [0.4, 0.5) is 8.78 Å². The molecule has 0 radical (unpaired) electrons. The van der Waals surface area contributed by atoms with Crippen molar-refractivity contribution in [2.45, 2.75) is 32.3 Å². The van der Waals surface area contributed by atoms with Crippen LogP contribution in [0.5, 0.6) is 11.5 Å². The third-order valence-corrected chi connectivity index (χ3v) is 5.49. The van der Waals surface area contributed by atoms with Crippen LogP contribution >= 0.6 is 0 Å². The fourth-order valence-corrected chi connectivity index (χ4v) is 3.71. The number of Topliss-reactive ketones (excluding diaryl/α,β-unsaturated/α-hetero) is 1. The highest BCUT2D eigenvalue weighted by Crippen LogP contribution is 2.32. The van der Waals surface area contributed by atoms with Gasteiger partial charge in [-0.3, -0.25) is 9.59 Å². The summed E-state index contributed by atoms with van der Waals surface area (Å²) in [5.74, 6) is -3.60. The minimum absolute atomic E-state index is 0.101. The van der Waals surface area contributed by atoms with Crippen LogP contribution in [0.1, 0.15) is 47.8 Å². The Morgan fingerprint density at radius 2 is 1.47 bits per heavy atom. The average molecular weight is 469 g/mol. The highest BCUT2D eigenvalue weighted by molar-refractivity contribution is 5.99. The van der Waals surface area contributed by atoms with Crippen LogP contribution in [0.15, 0.2) is 60.8 Å². The van der Waals surface area contributed by atoms with Crippen LogP contribution in [-0.4, -0.2) is 35.1 Å². The molecule has 2 aromatic carbocycles. The molecule has 0 aliphatic rings. The Bertz CT molecular complexity index is 1100. The van der Waals surface area contributed by atoms with Gasteiger partial charge in [-0.15, -0.1) is 0 Å². The van der Waals surface area contributed by atoms with Gasteiger partial charge in [0.2, 0.25) is 0 Å². The first-order chi connectivity index (χ1) is 16.2. The number of methoxy groups -OCH3 is 1. The zero-order valence-electron chi connectivity index (χ0n) is 19.0. The van der Waals surface area contributed by atoms with Gasteiger partial charge in [0.15, 0.2) is 23.0 Å². The monoisotopic (exact) mass is 469 g/mol. The summed E-state index contributed by atoms with van der Waals surface area (Å²) in [7, 11) is 1.35. The summed E-state index contributed by atoms with van der Waals surface area (Å²) in [6, 6.07) is 12.9. The van der Waals surface area contributed by atoms with Gasteiger partial charge in [-0.05, 0) is 42.3 Å². The molecule has 0 fully saturated rings. The van der Waals surface area contributed by atoms with Crippen LogP contribution in [0.2, 0.25) is 0 Å². The summed E-state index contributed by atoms with van der Waals surface area (Å²) in [5, 5.41) is 10.1. The lowest BCUT2D eigenvalue weighted by molar-refractivity contribution is -0.153. The Balaban J connectivity index is 1.76. The molecular weight excluding hydrogens is 444 g/mol.